The zero-order chi connectivity index (χ0) is 24.6. The quantitative estimate of drug-likeness (QED) is 0.250. The first-order valence-corrected chi connectivity index (χ1v) is 12.6. The van der Waals surface area contributed by atoms with Crippen LogP contribution >= 0.6 is 0 Å². The number of unbranched alkanes of at least 4 members (excludes halogenated alkanes) is 3. The fraction of sp³-hybridized carbons (Fsp3) is 0.607. The Balaban J connectivity index is 1.74. The van der Waals surface area contributed by atoms with E-state index in [1.807, 2.05) is 24.3 Å². The molecule has 1 aromatic rings. The number of rotatable bonds is 14. The zero-order valence-corrected chi connectivity index (χ0v) is 20.0. The summed E-state index contributed by atoms with van der Waals surface area (Å²) in [6, 6.07) is 6.62. The number of aliphatic hydroxyl groups excluding tert-OH is 1. The topological polar surface area (TPSA) is 66.8 Å². The minimum absolute atomic E-state index is 0.0139. The van der Waals surface area contributed by atoms with E-state index in [1.165, 1.54) is 12.1 Å². The lowest BCUT2D eigenvalue weighted by atomic mass is 9.69. The van der Waals surface area contributed by atoms with Crippen LogP contribution in [0.2, 0.25) is 0 Å². The Morgan fingerprint density at radius 3 is 2.71 bits per heavy atom. The zero-order valence-electron chi connectivity index (χ0n) is 20.0. The number of benzene rings is 1. The van der Waals surface area contributed by atoms with Gasteiger partial charge in [0.2, 0.25) is 0 Å². The molecule has 0 aromatic heterocycles. The van der Waals surface area contributed by atoms with Crippen molar-refractivity contribution < 1.29 is 28.5 Å². The van der Waals surface area contributed by atoms with Crippen molar-refractivity contribution in [1.82, 2.24) is 0 Å². The van der Waals surface area contributed by atoms with Gasteiger partial charge in [-0.25, -0.2) is 8.78 Å². The Labute approximate surface area is 201 Å². The molecule has 2 bridgehead atoms. The number of ether oxygens (including phenoxy) is 1. The van der Waals surface area contributed by atoms with Gasteiger partial charge in [-0.15, -0.1) is 0 Å². The Bertz CT molecular complexity index is 837. The van der Waals surface area contributed by atoms with Crippen LogP contribution in [0.3, 0.4) is 0 Å². The maximum absolute atomic E-state index is 14.4. The molecular formula is C28H38F2O4. The number of carbonyl (C=O) groups is 1. The minimum atomic E-state index is -1.28. The van der Waals surface area contributed by atoms with Gasteiger partial charge in [-0.1, -0.05) is 62.6 Å². The SMILES string of the molecule is CCCCCC(F)[C@H](O)C=C[C@@H]1[C@@H]2C[C@@](c3ccc(F)cc3)(CO2)[C@H]1CC=CCCCC(=O)O. The molecule has 2 N–H and O–H groups in total. The number of carboxylic acid groups (broad SMARTS) is 1. The van der Waals surface area contributed by atoms with Crippen LogP contribution in [0.5, 0.6) is 0 Å². The van der Waals surface area contributed by atoms with Crippen molar-refractivity contribution in [3.05, 3.63) is 60.0 Å². The average molecular weight is 477 g/mol. The van der Waals surface area contributed by atoms with Crippen molar-refractivity contribution in [2.45, 2.75) is 88.5 Å². The second-order valence-corrected chi connectivity index (χ2v) is 9.78. The van der Waals surface area contributed by atoms with E-state index >= 15 is 0 Å². The van der Waals surface area contributed by atoms with Crippen LogP contribution < -0.4 is 0 Å². The van der Waals surface area contributed by atoms with Crippen LogP contribution in [0.15, 0.2) is 48.6 Å². The molecule has 6 atom stereocenters. The number of allylic oxidation sites excluding steroid dienone is 2. The van der Waals surface area contributed by atoms with E-state index in [2.05, 4.69) is 13.0 Å². The molecule has 4 nitrogen and oxygen atoms in total. The van der Waals surface area contributed by atoms with E-state index in [1.54, 1.807) is 6.08 Å². The van der Waals surface area contributed by atoms with Crippen molar-refractivity contribution in [1.29, 1.82) is 0 Å². The third-order valence-corrected chi connectivity index (χ3v) is 7.45. The van der Waals surface area contributed by atoms with Crippen LogP contribution in [0, 0.1) is 17.7 Å². The van der Waals surface area contributed by atoms with Crippen LogP contribution in [0.25, 0.3) is 0 Å². The predicted octanol–water partition coefficient (Wildman–Crippen LogP) is 6.14. The standard InChI is InChI=1S/C28H38F2O4/c1-2-3-6-10-24(30)25(31)17-16-22-23(9-7-4-5-8-11-27(32)33)28(18-26(22)34-19-28)20-12-14-21(29)15-13-20/h4,7,12-17,22-26,31H,2-3,5-6,8-11,18-19H2,1H3,(H,32,33)/t22-,23-,24?,25+,26-,28-/m0/s1. The number of aliphatic carboxylic acids is 1. The number of fused-ring (bicyclic) bond motifs is 2. The molecule has 1 heterocycles. The summed E-state index contributed by atoms with van der Waals surface area (Å²) in [7, 11) is 0. The Kier molecular flexibility index (Phi) is 9.84. The average Bonchev–Trinajstić information content (AvgIpc) is 3.38. The molecule has 34 heavy (non-hydrogen) atoms. The number of aliphatic hydroxyl groups is 1. The molecule has 1 aliphatic heterocycles. The molecule has 1 aromatic carbocycles. The summed E-state index contributed by atoms with van der Waals surface area (Å²) in [5.41, 5.74) is 0.778. The summed E-state index contributed by atoms with van der Waals surface area (Å²) >= 11 is 0. The second-order valence-electron chi connectivity index (χ2n) is 9.78. The molecule has 2 fully saturated rings. The molecule has 1 saturated heterocycles. The van der Waals surface area contributed by atoms with Crippen LogP contribution in [0.1, 0.15) is 70.3 Å². The first kappa shape index (κ1) is 26.6. The molecule has 0 spiro atoms. The van der Waals surface area contributed by atoms with Gasteiger partial charge in [0.25, 0.3) is 0 Å². The van der Waals surface area contributed by atoms with Gasteiger partial charge in [0.05, 0.1) is 12.7 Å². The molecule has 2 aliphatic rings. The normalized spacial score (nSPS) is 28.2. The van der Waals surface area contributed by atoms with E-state index in [9.17, 15) is 18.7 Å². The van der Waals surface area contributed by atoms with E-state index < -0.39 is 18.2 Å². The van der Waals surface area contributed by atoms with Crippen molar-refractivity contribution in [3.8, 4) is 0 Å². The number of halogens is 2. The van der Waals surface area contributed by atoms with Gasteiger partial charge in [0, 0.05) is 17.8 Å². The third-order valence-electron chi connectivity index (χ3n) is 7.45. The number of hydrogen-bond donors (Lipinski definition) is 2. The van der Waals surface area contributed by atoms with E-state index in [-0.39, 0.29) is 35.6 Å². The molecule has 0 amide bonds. The maximum atomic E-state index is 14.4. The second kappa shape index (κ2) is 12.6. The molecule has 1 saturated carbocycles. The number of alkyl halides is 1. The van der Waals surface area contributed by atoms with Crippen LogP contribution in [-0.2, 0) is 14.9 Å². The molecule has 6 heteroatoms. The Morgan fingerprint density at radius 2 is 2.00 bits per heavy atom. The van der Waals surface area contributed by atoms with Gasteiger partial charge in [-0.05, 0) is 55.7 Å². The van der Waals surface area contributed by atoms with Gasteiger partial charge < -0.3 is 14.9 Å². The highest BCUT2D eigenvalue weighted by molar-refractivity contribution is 5.66. The fourth-order valence-corrected chi connectivity index (χ4v) is 5.56. The summed E-state index contributed by atoms with van der Waals surface area (Å²) in [5, 5.41) is 19.2. The van der Waals surface area contributed by atoms with Gasteiger partial charge in [0.15, 0.2) is 0 Å². The highest BCUT2D eigenvalue weighted by Gasteiger charge is 2.58. The van der Waals surface area contributed by atoms with Crippen molar-refractivity contribution in [3.63, 3.8) is 0 Å². The van der Waals surface area contributed by atoms with Gasteiger partial charge in [-0.3, -0.25) is 4.79 Å². The lowest BCUT2D eigenvalue weighted by Gasteiger charge is -2.38. The largest absolute Gasteiger partial charge is 0.481 e. The first-order valence-electron chi connectivity index (χ1n) is 12.6. The molecule has 0 radical (unpaired) electrons. The number of carboxylic acids is 1. The fourth-order valence-electron chi connectivity index (χ4n) is 5.56. The first-order chi connectivity index (χ1) is 16.4. The minimum Gasteiger partial charge on any atom is -0.481 e. The van der Waals surface area contributed by atoms with E-state index in [0.717, 1.165) is 37.7 Å². The van der Waals surface area contributed by atoms with Gasteiger partial charge in [-0.2, -0.15) is 0 Å². The van der Waals surface area contributed by atoms with Crippen LogP contribution in [-0.4, -0.2) is 41.2 Å². The molecular weight excluding hydrogens is 438 g/mol. The van der Waals surface area contributed by atoms with Gasteiger partial charge in [0.1, 0.15) is 18.1 Å². The van der Waals surface area contributed by atoms with E-state index in [0.29, 0.717) is 25.9 Å². The summed E-state index contributed by atoms with van der Waals surface area (Å²) in [6.45, 7) is 2.62. The predicted molar refractivity (Wildman–Crippen MR) is 129 cm³/mol. The van der Waals surface area contributed by atoms with Crippen molar-refractivity contribution in [2.24, 2.45) is 11.8 Å². The monoisotopic (exact) mass is 476 g/mol. The lowest BCUT2D eigenvalue weighted by molar-refractivity contribution is -0.137. The smallest absolute Gasteiger partial charge is 0.303 e. The summed E-state index contributed by atoms with van der Waals surface area (Å²) in [4.78, 5) is 10.7. The third kappa shape index (κ3) is 6.54. The van der Waals surface area contributed by atoms with Crippen molar-refractivity contribution in [2.75, 3.05) is 6.61 Å². The highest BCUT2D eigenvalue weighted by Crippen LogP contribution is 2.57. The van der Waals surface area contributed by atoms with Gasteiger partial charge >= 0.3 is 5.97 Å². The summed E-state index contributed by atoms with van der Waals surface area (Å²) in [5.74, 6) is -0.896. The summed E-state index contributed by atoms with van der Waals surface area (Å²) in [6.07, 6.45) is 11.3. The van der Waals surface area contributed by atoms with Crippen LogP contribution in [0.4, 0.5) is 8.78 Å². The van der Waals surface area contributed by atoms with Crippen molar-refractivity contribution >= 4 is 5.97 Å². The molecule has 1 unspecified atom stereocenters. The molecule has 1 aliphatic carbocycles. The highest BCUT2D eigenvalue weighted by atomic mass is 19.1. The Hall–Kier alpha value is -2.05. The summed E-state index contributed by atoms with van der Waals surface area (Å²) < 4.78 is 34.1. The maximum Gasteiger partial charge on any atom is 0.303 e. The molecule has 3 rings (SSSR count). The van der Waals surface area contributed by atoms with E-state index in [4.69, 9.17) is 9.84 Å². The Morgan fingerprint density at radius 1 is 1.24 bits per heavy atom. The lowest BCUT2D eigenvalue weighted by Crippen LogP contribution is -2.39. The molecule has 188 valence electrons. The number of hydrogen-bond acceptors (Lipinski definition) is 3.